The van der Waals surface area contributed by atoms with Crippen molar-refractivity contribution in [1.82, 2.24) is 9.88 Å². The van der Waals surface area contributed by atoms with Crippen LogP contribution in [0, 0.1) is 17.0 Å². The zero-order valence-electron chi connectivity index (χ0n) is 12.4. The van der Waals surface area contributed by atoms with Gasteiger partial charge in [-0.25, -0.2) is 0 Å². The van der Waals surface area contributed by atoms with Crippen molar-refractivity contribution in [3.8, 4) is 5.69 Å². The molecule has 2 amide bonds. The van der Waals surface area contributed by atoms with Crippen LogP contribution in [0.3, 0.4) is 0 Å². The van der Waals surface area contributed by atoms with Crippen LogP contribution >= 0.6 is 31.9 Å². The number of nitrogens with zero attached hydrogens (tertiary/aromatic N) is 2. The first-order valence-electron chi connectivity index (χ1n) is 6.69. The predicted molar refractivity (Wildman–Crippen MR) is 95.0 cm³/mol. The molecule has 0 radical (unpaired) electrons. The molecule has 0 fully saturated rings. The highest BCUT2D eigenvalue weighted by atomic mass is 79.9. The Balaban J connectivity index is 2.44. The Labute approximate surface area is 156 Å². The molecule has 9 nitrogen and oxygen atoms in total. The molecule has 0 saturated carbocycles. The number of rotatable bonds is 2. The number of nitrogens with two attached hydrogens (primary N) is 1. The van der Waals surface area contributed by atoms with Crippen LogP contribution in [0.5, 0.6) is 0 Å². The van der Waals surface area contributed by atoms with Gasteiger partial charge in [0.25, 0.3) is 23.1 Å². The summed E-state index contributed by atoms with van der Waals surface area (Å²) in [5, 5.41) is 13.4. The molecule has 0 atom stereocenters. The zero-order valence-corrected chi connectivity index (χ0v) is 15.6. The molecule has 0 spiro atoms. The Bertz CT molecular complexity index is 1060. The number of fused-ring (bicyclic) bond motifs is 1. The van der Waals surface area contributed by atoms with E-state index in [4.69, 9.17) is 5.73 Å². The van der Waals surface area contributed by atoms with Gasteiger partial charge in [-0.15, -0.1) is 0 Å². The highest BCUT2D eigenvalue weighted by Gasteiger charge is 2.33. The summed E-state index contributed by atoms with van der Waals surface area (Å²) < 4.78 is 1.20. The van der Waals surface area contributed by atoms with Gasteiger partial charge in [0.15, 0.2) is 0 Å². The van der Waals surface area contributed by atoms with Gasteiger partial charge in [-0.3, -0.25) is 34.4 Å². The van der Waals surface area contributed by atoms with E-state index >= 15 is 0 Å². The number of imide groups is 1. The number of halogens is 2. The van der Waals surface area contributed by atoms with E-state index in [1.807, 2.05) is 0 Å². The van der Waals surface area contributed by atoms with Crippen LogP contribution < -0.4 is 16.6 Å². The minimum Gasteiger partial charge on any atom is -0.384 e. The summed E-state index contributed by atoms with van der Waals surface area (Å²) in [4.78, 5) is 46.8. The number of amides is 2. The van der Waals surface area contributed by atoms with Gasteiger partial charge in [-0.1, -0.05) is 0 Å². The molecule has 1 aromatic carbocycles. The summed E-state index contributed by atoms with van der Waals surface area (Å²) in [6, 6.07) is 2.44. The van der Waals surface area contributed by atoms with Crippen molar-refractivity contribution in [3.63, 3.8) is 0 Å². The summed E-state index contributed by atoms with van der Waals surface area (Å²) in [5.74, 6) is -1.72. The average Bonchev–Trinajstić information content (AvgIpc) is 2.75. The summed E-state index contributed by atoms with van der Waals surface area (Å²) >= 11 is 6.25. The van der Waals surface area contributed by atoms with Crippen LogP contribution in [0.2, 0.25) is 0 Å². The van der Waals surface area contributed by atoms with E-state index in [0.29, 0.717) is 5.56 Å². The molecule has 1 aliphatic rings. The first-order chi connectivity index (χ1) is 11.6. The molecule has 3 N–H and O–H groups in total. The number of nitrogen functional groups attached to an aromatic ring is 1. The van der Waals surface area contributed by atoms with Crippen molar-refractivity contribution in [2.45, 2.75) is 6.92 Å². The number of anilines is 1. The van der Waals surface area contributed by atoms with Crippen LogP contribution in [0.1, 0.15) is 26.3 Å². The molecule has 128 valence electrons. The van der Waals surface area contributed by atoms with Crippen molar-refractivity contribution >= 4 is 55.2 Å². The van der Waals surface area contributed by atoms with Gasteiger partial charge in [0, 0.05) is 6.07 Å². The fourth-order valence-electron chi connectivity index (χ4n) is 2.67. The maximum atomic E-state index is 12.5. The quantitative estimate of drug-likeness (QED) is 0.390. The third-order valence-electron chi connectivity index (χ3n) is 3.72. The number of aromatic nitrogens is 1. The lowest BCUT2D eigenvalue weighted by atomic mass is 10.1. The summed E-state index contributed by atoms with van der Waals surface area (Å²) in [6.07, 6.45) is 0. The van der Waals surface area contributed by atoms with E-state index in [2.05, 4.69) is 37.2 Å². The van der Waals surface area contributed by atoms with Crippen LogP contribution in [0.4, 0.5) is 11.5 Å². The molecule has 25 heavy (non-hydrogen) atoms. The Kier molecular flexibility index (Phi) is 4.00. The van der Waals surface area contributed by atoms with Gasteiger partial charge < -0.3 is 5.73 Å². The second kappa shape index (κ2) is 5.77. The fraction of sp³-hybridized carbons (Fsp3) is 0.0714. The molecule has 0 bridgehead atoms. The van der Waals surface area contributed by atoms with Gasteiger partial charge in [0.2, 0.25) is 0 Å². The highest BCUT2D eigenvalue weighted by molar-refractivity contribution is 9.11. The first kappa shape index (κ1) is 17.3. The minimum absolute atomic E-state index is 0.0165. The van der Waals surface area contributed by atoms with Gasteiger partial charge >= 0.3 is 0 Å². The Morgan fingerprint density at radius 2 is 1.84 bits per heavy atom. The molecule has 2 aromatic rings. The van der Waals surface area contributed by atoms with Crippen molar-refractivity contribution in [1.29, 1.82) is 0 Å². The summed E-state index contributed by atoms with van der Waals surface area (Å²) in [6.45, 7) is 1.62. The largest absolute Gasteiger partial charge is 0.384 e. The van der Waals surface area contributed by atoms with E-state index in [-0.39, 0.29) is 37.3 Å². The second-order valence-electron chi connectivity index (χ2n) is 5.22. The first-order valence-corrected chi connectivity index (χ1v) is 8.28. The highest BCUT2D eigenvalue weighted by Crippen LogP contribution is 2.40. The van der Waals surface area contributed by atoms with E-state index in [1.165, 1.54) is 6.07 Å². The van der Waals surface area contributed by atoms with Gasteiger partial charge in [0.1, 0.15) is 10.3 Å². The second-order valence-corrected chi connectivity index (χ2v) is 6.87. The van der Waals surface area contributed by atoms with Gasteiger partial charge in [-0.2, -0.15) is 0 Å². The molecule has 1 aliphatic heterocycles. The number of hydrogen-bond acceptors (Lipinski definition) is 6. The fourth-order valence-corrected chi connectivity index (χ4v) is 4.47. The predicted octanol–water partition coefficient (Wildman–Crippen LogP) is 2.04. The molecule has 0 aliphatic carbocycles. The zero-order chi connectivity index (χ0) is 18.6. The monoisotopic (exact) mass is 470 g/mol. The van der Waals surface area contributed by atoms with Crippen LogP contribution in [0.25, 0.3) is 5.69 Å². The molecule has 0 unspecified atom stereocenters. The topological polar surface area (TPSA) is 137 Å². The van der Waals surface area contributed by atoms with E-state index in [1.54, 1.807) is 6.92 Å². The average molecular weight is 472 g/mol. The lowest BCUT2D eigenvalue weighted by Gasteiger charge is -2.16. The standard InChI is InChI=1S/C14H8Br2N4O5/c1-4-2-6(15)11(20(24)25)9(16)10(4)19-7(21)3-5-8(12(19)17)14(23)18-13(5)22/h2-3H,17H2,1H3,(H,18,22,23). The number of benzene rings is 1. The Hall–Kier alpha value is -2.53. The number of pyridine rings is 1. The van der Waals surface area contributed by atoms with Crippen LogP contribution in [-0.2, 0) is 0 Å². The van der Waals surface area contributed by atoms with Crippen molar-refractivity contribution in [2.75, 3.05) is 5.73 Å². The van der Waals surface area contributed by atoms with Crippen molar-refractivity contribution in [3.05, 3.63) is 58.2 Å². The normalized spacial score (nSPS) is 12.9. The molecule has 0 saturated heterocycles. The molecule has 1 aromatic heterocycles. The molecular weight excluding hydrogens is 464 g/mol. The van der Waals surface area contributed by atoms with Crippen molar-refractivity contribution in [2.24, 2.45) is 0 Å². The number of hydrogen-bond donors (Lipinski definition) is 2. The Morgan fingerprint density at radius 1 is 1.20 bits per heavy atom. The number of carbonyl (C=O) groups is 2. The SMILES string of the molecule is Cc1cc(Br)c([N+](=O)[O-])c(Br)c1-n1c(N)c2c(cc1=O)C(=O)NC2=O. The third-order valence-corrected chi connectivity index (χ3v) is 5.07. The van der Waals surface area contributed by atoms with Crippen LogP contribution in [-0.4, -0.2) is 21.3 Å². The van der Waals surface area contributed by atoms with E-state index in [9.17, 15) is 24.5 Å². The maximum Gasteiger partial charge on any atom is 0.299 e. The number of nitro benzene ring substituents is 1. The maximum absolute atomic E-state index is 12.5. The molecule has 2 heterocycles. The van der Waals surface area contributed by atoms with Gasteiger partial charge in [-0.05, 0) is 50.4 Å². The summed E-state index contributed by atoms with van der Waals surface area (Å²) in [7, 11) is 0. The number of aryl methyl sites for hydroxylation is 1. The number of nitrogens with one attached hydrogen (secondary N) is 1. The van der Waals surface area contributed by atoms with Crippen LogP contribution in [0.15, 0.2) is 25.9 Å². The molecular formula is C14H8Br2N4O5. The Morgan fingerprint density at radius 3 is 2.44 bits per heavy atom. The lowest BCUT2D eigenvalue weighted by molar-refractivity contribution is -0.386. The third kappa shape index (κ3) is 2.46. The number of nitro groups is 1. The van der Waals surface area contributed by atoms with Gasteiger partial charge in [0.05, 0.1) is 26.2 Å². The van der Waals surface area contributed by atoms with Crippen molar-refractivity contribution < 1.29 is 14.5 Å². The minimum atomic E-state index is -0.730. The van der Waals surface area contributed by atoms with E-state index in [0.717, 1.165) is 10.6 Å². The summed E-state index contributed by atoms with van der Waals surface area (Å²) in [5.41, 5.74) is 5.33. The number of carbonyl (C=O) groups excluding carboxylic acids is 2. The molecule has 11 heteroatoms. The lowest BCUT2D eigenvalue weighted by Crippen LogP contribution is -2.25. The van der Waals surface area contributed by atoms with E-state index < -0.39 is 22.3 Å². The molecule has 3 rings (SSSR count). The smallest absolute Gasteiger partial charge is 0.299 e.